The van der Waals surface area contributed by atoms with Crippen LogP contribution in [0.4, 0.5) is 0 Å². The molecule has 1 N–H and O–H groups in total. The summed E-state index contributed by atoms with van der Waals surface area (Å²) in [5.74, 6) is 0.343. The predicted octanol–water partition coefficient (Wildman–Crippen LogP) is 2.48. The molecule has 1 unspecified atom stereocenters. The first-order valence-electron chi connectivity index (χ1n) is 6.85. The van der Waals surface area contributed by atoms with Crippen LogP contribution < -0.4 is 0 Å². The van der Waals surface area contributed by atoms with E-state index in [1.807, 2.05) is 12.1 Å². The molecule has 100 valence electrons. The van der Waals surface area contributed by atoms with E-state index in [1.54, 1.807) is 12.1 Å². The molecular weight excluding hydrogens is 224 g/mol. The summed E-state index contributed by atoms with van der Waals surface area (Å²) in [6.45, 7) is 11.3. The van der Waals surface area contributed by atoms with Gasteiger partial charge in [0.1, 0.15) is 5.75 Å². The highest BCUT2D eigenvalue weighted by atomic mass is 16.3. The van der Waals surface area contributed by atoms with Crippen molar-refractivity contribution >= 4 is 0 Å². The van der Waals surface area contributed by atoms with E-state index in [9.17, 15) is 5.11 Å². The van der Waals surface area contributed by atoms with E-state index in [1.165, 1.54) is 5.56 Å². The van der Waals surface area contributed by atoms with Gasteiger partial charge in [0.25, 0.3) is 0 Å². The summed E-state index contributed by atoms with van der Waals surface area (Å²) in [4.78, 5) is 5.05. The number of hydrogen-bond donors (Lipinski definition) is 1. The highest BCUT2D eigenvalue weighted by Crippen LogP contribution is 2.23. The van der Waals surface area contributed by atoms with E-state index in [4.69, 9.17) is 0 Å². The molecule has 0 radical (unpaired) electrons. The van der Waals surface area contributed by atoms with Crippen molar-refractivity contribution in [3.8, 4) is 5.75 Å². The number of aromatic hydroxyl groups is 1. The van der Waals surface area contributed by atoms with Gasteiger partial charge >= 0.3 is 0 Å². The lowest BCUT2D eigenvalue weighted by Crippen LogP contribution is -2.49. The zero-order chi connectivity index (χ0) is 13.1. The van der Waals surface area contributed by atoms with Crippen molar-refractivity contribution in [2.45, 2.75) is 32.9 Å². The van der Waals surface area contributed by atoms with E-state index in [2.05, 4.69) is 30.6 Å². The molecule has 3 nitrogen and oxygen atoms in total. The van der Waals surface area contributed by atoms with Crippen molar-refractivity contribution < 1.29 is 5.11 Å². The van der Waals surface area contributed by atoms with Crippen molar-refractivity contribution in [3.05, 3.63) is 29.8 Å². The van der Waals surface area contributed by atoms with Gasteiger partial charge in [-0.15, -0.1) is 0 Å². The Balaban J connectivity index is 1.95. The van der Waals surface area contributed by atoms with Crippen LogP contribution in [0.2, 0.25) is 0 Å². The molecular formula is C15H24N2O. The zero-order valence-corrected chi connectivity index (χ0v) is 11.6. The molecule has 18 heavy (non-hydrogen) atoms. The smallest absolute Gasteiger partial charge is 0.115 e. The minimum absolute atomic E-state index is 0.343. The van der Waals surface area contributed by atoms with Crippen molar-refractivity contribution in [1.29, 1.82) is 0 Å². The van der Waals surface area contributed by atoms with E-state index in [-0.39, 0.29) is 0 Å². The lowest BCUT2D eigenvalue weighted by Gasteiger charge is -2.39. The Morgan fingerprint density at radius 1 is 0.889 bits per heavy atom. The number of phenolic OH excluding ortho intramolecular Hbond substituents is 1. The van der Waals surface area contributed by atoms with Crippen LogP contribution in [0.5, 0.6) is 5.75 Å². The van der Waals surface area contributed by atoms with Gasteiger partial charge < -0.3 is 5.11 Å². The Hall–Kier alpha value is -1.06. The SMILES string of the molecule is CC(C)N1CCN(C(C)c2ccc(O)cc2)CC1. The highest BCUT2D eigenvalue weighted by Gasteiger charge is 2.22. The van der Waals surface area contributed by atoms with Crippen molar-refractivity contribution in [2.24, 2.45) is 0 Å². The Bertz CT molecular complexity index is 367. The summed E-state index contributed by atoms with van der Waals surface area (Å²) in [6.07, 6.45) is 0. The normalized spacial score (nSPS) is 20.2. The molecule has 0 bridgehead atoms. The zero-order valence-electron chi connectivity index (χ0n) is 11.6. The maximum atomic E-state index is 9.32. The fraction of sp³-hybridized carbons (Fsp3) is 0.600. The summed E-state index contributed by atoms with van der Waals surface area (Å²) in [5, 5.41) is 9.32. The van der Waals surface area contributed by atoms with Gasteiger partial charge in [0.2, 0.25) is 0 Å². The maximum absolute atomic E-state index is 9.32. The predicted molar refractivity (Wildman–Crippen MR) is 74.8 cm³/mol. The van der Waals surface area contributed by atoms with Gasteiger partial charge in [0.05, 0.1) is 0 Å². The Morgan fingerprint density at radius 2 is 1.39 bits per heavy atom. The molecule has 0 spiro atoms. The van der Waals surface area contributed by atoms with Crippen molar-refractivity contribution in [1.82, 2.24) is 9.80 Å². The number of benzene rings is 1. The number of rotatable bonds is 3. The first-order chi connectivity index (χ1) is 8.58. The molecule has 3 heteroatoms. The Morgan fingerprint density at radius 3 is 1.89 bits per heavy atom. The average molecular weight is 248 g/mol. The van der Waals surface area contributed by atoms with Crippen LogP contribution in [0.3, 0.4) is 0 Å². The first-order valence-corrected chi connectivity index (χ1v) is 6.85. The first kappa shape index (κ1) is 13.4. The lowest BCUT2D eigenvalue weighted by atomic mass is 10.1. The van der Waals surface area contributed by atoms with E-state index in [0.29, 0.717) is 17.8 Å². The second-order valence-corrected chi connectivity index (χ2v) is 5.43. The summed E-state index contributed by atoms with van der Waals surface area (Å²) in [5.41, 5.74) is 1.28. The van der Waals surface area contributed by atoms with Crippen molar-refractivity contribution in [3.63, 3.8) is 0 Å². The third-order valence-electron chi connectivity index (χ3n) is 4.00. The summed E-state index contributed by atoms with van der Waals surface area (Å²) in [6, 6.07) is 8.67. The maximum Gasteiger partial charge on any atom is 0.115 e. The van der Waals surface area contributed by atoms with E-state index >= 15 is 0 Å². The molecule has 0 amide bonds. The third kappa shape index (κ3) is 3.03. The number of hydrogen-bond acceptors (Lipinski definition) is 3. The quantitative estimate of drug-likeness (QED) is 0.890. The van der Waals surface area contributed by atoms with E-state index in [0.717, 1.165) is 26.2 Å². The third-order valence-corrected chi connectivity index (χ3v) is 4.00. The van der Waals surface area contributed by atoms with Gasteiger partial charge in [-0.25, -0.2) is 0 Å². The average Bonchev–Trinajstić information content (AvgIpc) is 2.39. The minimum atomic E-state index is 0.343. The van der Waals surface area contributed by atoms with Crippen LogP contribution in [-0.4, -0.2) is 47.1 Å². The van der Waals surface area contributed by atoms with Crippen LogP contribution in [-0.2, 0) is 0 Å². The molecule has 2 rings (SSSR count). The number of nitrogens with zero attached hydrogens (tertiary/aromatic N) is 2. The fourth-order valence-corrected chi connectivity index (χ4v) is 2.60. The van der Waals surface area contributed by atoms with Crippen LogP contribution in [0.25, 0.3) is 0 Å². The number of phenols is 1. The largest absolute Gasteiger partial charge is 0.508 e. The molecule has 1 aliphatic rings. The minimum Gasteiger partial charge on any atom is -0.508 e. The molecule has 1 fully saturated rings. The molecule has 0 saturated carbocycles. The van der Waals surface area contributed by atoms with Crippen LogP contribution in [0, 0.1) is 0 Å². The van der Waals surface area contributed by atoms with Gasteiger partial charge in [0, 0.05) is 38.3 Å². The molecule has 1 aliphatic heterocycles. The lowest BCUT2D eigenvalue weighted by molar-refractivity contribution is 0.0833. The monoisotopic (exact) mass is 248 g/mol. The molecule has 1 atom stereocenters. The van der Waals surface area contributed by atoms with Gasteiger partial charge in [-0.3, -0.25) is 9.80 Å². The van der Waals surface area contributed by atoms with Gasteiger partial charge in [0.15, 0.2) is 0 Å². The summed E-state index contributed by atoms with van der Waals surface area (Å²) >= 11 is 0. The molecule has 1 aromatic carbocycles. The summed E-state index contributed by atoms with van der Waals surface area (Å²) < 4.78 is 0. The molecule has 0 aromatic heterocycles. The van der Waals surface area contributed by atoms with Gasteiger partial charge in [-0.2, -0.15) is 0 Å². The van der Waals surface area contributed by atoms with Crippen LogP contribution in [0.15, 0.2) is 24.3 Å². The van der Waals surface area contributed by atoms with Gasteiger partial charge in [-0.05, 0) is 38.5 Å². The second-order valence-electron chi connectivity index (χ2n) is 5.43. The molecule has 0 aliphatic carbocycles. The van der Waals surface area contributed by atoms with Crippen LogP contribution >= 0.6 is 0 Å². The fourth-order valence-electron chi connectivity index (χ4n) is 2.60. The van der Waals surface area contributed by atoms with E-state index < -0.39 is 0 Å². The Labute approximate surface area is 110 Å². The summed E-state index contributed by atoms with van der Waals surface area (Å²) in [7, 11) is 0. The molecule has 1 heterocycles. The van der Waals surface area contributed by atoms with Crippen molar-refractivity contribution in [2.75, 3.05) is 26.2 Å². The number of piperazine rings is 1. The molecule has 1 aromatic rings. The standard InChI is InChI=1S/C15H24N2O/c1-12(2)16-8-10-17(11-9-16)13(3)14-4-6-15(18)7-5-14/h4-7,12-13,18H,8-11H2,1-3H3. The van der Waals surface area contributed by atoms with Gasteiger partial charge in [-0.1, -0.05) is 12.1 Å². The topological polar surface area (TPSA) is 26.7 Å². The highest BCUT2D eigenvalue weighted by molar-refractivity contribution is 5.27. The second kappa shape index (κ2) is 5.72. The van der Waals surface area contributed by atoms with Crippen LogP contribution in [0.1, 0.15) is 32.4 Å². The Kier molecular flexibility index (Phi) is 4.25. The molecule has 1 saturated heterocycles.